The minimum absolute atomic E-state index is 0.0740. The summed E-state index contributed by atoms with van der Waals surface area (Å²) in [5.74, 6) is -0.577. The van der Waals surface area contributed by atoms with E-state index in [0.717, 1.165) is 50.0 Å². The van der Waals surface area contributed by atoms with Crippen LogP contribution in [0, 0.1) is 0 Å². The highest BCUT2D eigenvalue weighted by Gasteiger charge is 2.36. The molecule has 25 heavy (non-hydrogen) atoms. The number of nitrogens with zero attached hydrogens (tertiary/aromatic N) is 2. The van der Waals surface area contributed by atoms with Gasteiger partial charge in [-0.1, -0.05) is 18.2 Å². The van der Waals surface area contributed by atoms with E-state index in [4.69, 9.17) is 5.21 Å². The van der Waals surface area contributed by atoms with E-state index >= 15 is 0 Å². The van der Waals surface area contributed by atoms with Crippen LogP contribution < -0.4 is 10.4 Å². The van der Waals surface area contributed by atoms with Crippen LogP contribution in [-0.2, 0) is 16.1 Å². The summed E-state index contributed by atoms with van der Waals surface area (Å²) in [7, 11) is 0. The topological polar surface area (TPSA) is 95.9 Å². The van der Waals surface area contributed by atoms with Crippen molar-refractivity contribution in [3.05, 3.63) is 35.9 Å². The van der Waals surface area contributed by atoms with Gasteiger partial charge >= 0.3 is 0 Å². The van der Waals surface area contributed by atoms with Crippen molar-refractivity contribution in [1.29, 1.82) is 0 Å². The summed E-state index contributed by atoms with van der Waals surface area (Å²) in [5, 5.41) is 8.59. The first-order valence-corrected chi connectivity index (χ1v) is 9.47. The number of rotatable bonds is 6. The van der Waals surface area contributed by atoms with Crippen molar-refractivity contribution in [2.45, 2.75) is 37.8 Å². The van der Waals surface area contributed by atoms with Crippen LogP contribution in [0.4, 0.5) is 5.69 Å². The third-order valence-electron chi connectivity index (χ3n) is 4.71. The fourth-order valence-corrected chi connectivity index (χ4v) is 4.26. The van der Waals surface area contributed by atoms with Gasteiger partial charge in [0.2, 0.25) is 0 Å². The van der Waals surface area contributed by atoms with Crippen molar-refractivity contribution >= 4 is 28.9 Å². The molecule has 2 aliphatic rings. The maximum Gasteiger partial charge on any atom is 0.267 e. The van der Waals surface area contributed by atoms with Gasteiger partial charge in [0.05, 0.1) is 0 Å². The molecule has 2 fully saturated rings. The predicted molar refractivity (Wildman–Crippen MR) is 94.4 cm³/mol. The number of hydrogen-bond donors (Lipinski definition) is 2. The third-order valence-corrected chi connectivity index (χ3v) is 5.65. The second kappa shape index (κ2) is 8.09. The zero-order valence-electron chi connectivity index (χ0n) is 13.8. The predicted octanol–water partition coefficient (Wildman–Crippen LogP) is 1.43. The van der Waals surface area contributed by atoms with Crippen LogP contribution in [0.2, 0.25) is 0 Å². The van der Waals surface area contributed by atoms with Crippen LogP contribution in [0.3, 0.4) is 0 Å². The number of nitrogens with one attached hydrogen (secondary N) is 1. The molecule has 3 rings (SSSR count). The molecule has 0 radical (unpaired) electrons. The van der Waals surface area contributed by atoms with Gasteiger partial charge in [0.25, 0.3) is 5.91 Å². The molecule has 1 aliphatic heterocycles. The number of carbonyl (C=O) groups excluding carboxylic acids is 1. The first kappa shape index (κ1) is 18.1. The van der Waals surface area contributed by atoms with E-state index in [1.165, 1.54) is 6.08 Å². The van der Waals surface area contributed by atoms with Gasteiger partial charge in [0.1, 0.15) is 0 Å². The van der Waals surface area contributed by atoms with E-state index < -0.39 is 17.2 Å². The fraction of sp³-hybridized carbons (Fsp3) is 0.471. The van der Waals surface area contributed by atoms with Gasteiger partial charge in [-0.05, 0) is 43.4 Å². The summed E-state index contributed by atoms with van der Waals surface area (Å²) >= 11 is -2.15. The van der Waals surface area contributed by atoms with Gasteiger partial charge in [-0.25, -0.2) is 9.79 Å². The Morgan fingerprint density at radius 2 is 1.88 bits per heavy atom. The second-order valence-electron chi connectivity index (χ2n) is 6.39. The lowest BCUT2D eigenvalue weighted by atomic mass is 10.0. The molecule has 0 spiro atoms. The molecule has 0 bridgehead atoms. The Morgan fingerprint density at radius 3 is 2.48 bits per heavy atom. The third kappa shape index (κ3) is 4.46. The highest BCUT2D eigenvalue weighted by atomic mass is 32.2. The Hall–Kier alpha value is -1.74. The summed E-state index contributed by atoms with van der Waals surface area (Å²) in [6.45, 7) is 1.53. The summed E-state index contributed by atoms with van der Waals surface area (Å²) in [4.78, 5) is 13.4. The number of piperidine rings is 1. The molecule has 136 valence electrons. The highest BCUT2D eigenvalue weighted by Crippen LogP contribution is 2.34. The van der Waals surface area contributed by atoms with Gasteiger partial charge in [-0.2, -0.15) is 0 Å². The van der Waals surface area contributed by atoms with Crippen molar-refractivity contribution < 1.29 is 18.8 Å². The largest absolute Gasteiger partial charge is 0.760 e. The van der Waals surface area contributed by atoms with Crippen molar-refractivity contribution in [2.75, 3.05) is 18.0 Å². The zero-order valence-corrected chi connectivity index (χ0v) is 14.7. The lowest BCUT2D eigenvalue weighted by molar-refractivity contribution is -0.124. The van der Waals surface area contributed by atoms with Gasteiger partial charge < -0.3 is 9.45 Å². The molecule has 8 heteroatoms. The molecule has 1 aliphatic carbocycles. The number of amides is 1. The summed E-state index contributed by atoms with van der Waals surface area (Å²) in [6, 6.07) is 8.00. The normalized spacial score (nSPS) is 20.2. The molecule has 1 saturated carbocycles. The fourth-order valence-electron chi connectivity index (χ4n) is 3.35. The summed E-state index contributed by atoms with van der Waals surface area (Å²) in [6.07, 6.45) is 6.46. The van der Waals surface area contributed by atoms with Crippen LogP contribution in [0.1, 0.15) is 31.2 Å². The lowest BCUT2D eigenvalue weighted by Gasteiger charge is -2.40. The first-order valence-electron chi connectivity index (χ1n) is 8.44. The Balaban J connectivity index is 1.68. The Labute approximate surface area is 149 Å². The molecule has 1 aromatic rings. The van der Waals surface area contributed by atoms with Gasteiger partial charge in [0.15, 0.2) is 0 Å². The summed E-state index contributed by atoms with van der Waals surface area (Å²) in [5.41, 5.74) is 3.47. The smallest absolute Gasteiger partial charge is 0.267 e. The average molecular weight is 364 g/mol. The quantitative estimate of drug-likeness (QED) is 0.345. The Morgan fingerprint density at radius 1 is 1.24 bits per heavy atom. The van der Waals surface area contributed by atoms with E-state index in [1.54, 1.807) is 15.9 Å². The summed E-state index contributed by atoms with van der Waals surface area (Å²) < 4.78 is 24.7. The minimum atomic E-state index is -2.15. The van der Waals surface area contributed by atoms with Crippen LogP contribution in [0.5, 0.6) is 0 Å². The van der Waals surface area contributed by atoms with Crippen molar-refractivity contribution in [1.82, 2.24) is 9.79 Å². The molecule has 1 heterocycles. The molecular formula is C17H22N3O4S-. The maximum atomic E-state index is 11.5. The van der Waals surface area contributed by atoms with Crippen LogP contribution in [-0.4, -0.2) is 49.4 Å². The standard InChI is InChI=1S/C17H23N3O4S/c21-17(18-22)8-5-13-3-1-2-4-16(13)19-11-9-15(10-12-19)20(25(23)24)14-6-7-14/h1-5,8,14-15,22H,6-7,9-12H2,(H,18,21)(H,23,24)/p-1/b8-5+. The second-order valence-corrected chi connectivity index (χ2v) is 7.25. The number of benzene rings is 1. The Bertz CT molecular complexity index is 670. The molecule has 1 atom stereocenters. The van der Waals surface area contributed by atoms with Gasteiger partial charge in [-0.3, -0.25) is 14.2 Å². The zero-order chi connectivity index (χ0) is 17.8. The van der Waals surface area contributed by atoms with E-state index in [0.29, 0.717) is 0 Å². The number of hydrogen-bond acceptors (Lipinski definition) is 5. The minimum Gasteiger partial charge on any atom is -0.760 e. The van der Waals surface area contributed by atoms with E-state index in [9.17, 15) is 13.6 Å². The number of carbonyl (C=O) groups is 1. The molecule has 1 saturated heterocycles. The first-order chi connectivity index (χ1) is 12.1. The average Bonchev–Trinajstić information content (AvgIpc) is 3.45. The molecule has 2 N–H and O–H groups in total. The lowest BCUT2D eigenvalue weighted by Crippen LogP contribution is -2.46. The number of hydroxylamine groups is 1. The maximum absolute atomic E-state index is 11.5. The molecule has 7 nitrogen and oxygen atoms in total. The van der Waals surface area contributed by atoms with Crippen LogP contribution in [0.25, 0.3) is 6.08 Å². The van der Waals surface area contributed by atoms with Crippen LogP contribution >= 0.6 is 0 Å². The highest BCUT2D eigenvalue weighted by molar-refractivity contribution is 7.76. The van der Waals surface area contributed by atoms with E-state index in [-0.39, 0.29) is 12.1 Å². The van der Waals surface area contributed by atoms with Gasteiger partial charge in [-0.15, -0.1) is 0 Å². The molecule has 1 amide bonds. The SMILES string of the molecule is O=C(/C=C/c1ccccc1N1CCC(N(C2CC2)S(=O)[O-])CC1)NO. The van der Waals surface area contributed by atoms with E-state index in [2.05, 4.69) is 4.90 Å². The molecule has 1 unspecified atom stereocenters. The number of anilines is 1. The number of para-hydroxylation sites is 1. The Kier molecular flexibility index (Phi) is 5.85. The van der Waals surface area contributed by atoms with E-state index in [1.807, 2.05) is 24.3 Å². The molecular weight excluding hydrogens is 342 g/mol. The molecule has 0 aromatic heterocycles. The molecule has 1 aromatic carbocycles. The van der Waals surface area contributed by atoms with Crippen molar-refractivity contribution in [3.8, 4) is 0 Å². The van der Waals surface area contributed by atoms with Crippen molar-refractivity contribution in [3.63, 3.8) is 0 Å². The van der Waals surface area contributed by atoms with Crippen molar-refractivity contribution in [2.24, 2.45) is 0 Å². The van der Waals surface area contributed by atoms with Gasteiger partial charge in [0, 0.05) is 48.2 Å². The van der Waals surface area contributed by atoms with Crippen LogP contribution in [0.15, 0.2) is 30.3 Å². The monoisotopic (exact) mass is 364 g/mol.